The Labute approximate surface area is 157 Å². The van der Waals surface area contributed by atoms with Crippen LogP contribution < -0.4 is 16.2 Å². The summed E-state index contributed by atoms with van der Waals surface area (Å²) in [4.78, 5) is 22.2. The molecule has 3 atom stereocenters. The van der Waals surface area contributed by atoms with Gasteiger partial charge in [0.15, 0.2) is 0 Å². The van der Waals surface area contributed by atoms with E-state index in [9.17, 15) is 9.90 Å². The van der Waals surface area contributed by atoms with Crippen molar-refractivity contribution in [2.75, 3.05) is 19.6 Å². The van der Waals surface area contributed by atoms with E-state index in [-0.39, 0.29) is 23.7 Å². The quantitative estimate of drug-likeness (QED) is 0.579. The number of hydrogen-bond donors (Lipinski definition) is 4. The van der Waals surface area contributed by atoms with Crippen LogP contribution in [0.25, 0.3) is 0 Å². The number of hydrogen-bond acceptors (Lipinski definition) is 8. The molecule has 2 aliphatic heterocycles. The van der Waals surface area contributed by atoms with Gasteiger partial charge in [0.25, 0.3) is 5.91 Å². The molecule has 4 rings (SSSR count). The van der Waals surface area contributed by atoms with Crippen LogP contribution in [0.15, 0.2) is 35.1 Å². The van der Waals surface area contributed by atoms with Crippen LogP contribution in [0.3, 0.4) is 0 Å². The lowest BCUT2D eigenvalue weighted by molar-refractivity contribution is 0.0323. The van der Waals surface area contributed by atoms with Gasteiger partial charge in [0, 0.05) is 32.0 Å². The monoisotopic (exact) mass is 372 g/mol. The van der Waals surface area contributed by atoms with Gasteiger partial charge >= 0.3 is 0 Å². The minimum absolute atomic E-state index is 0.214. The van der Waals surface area contributed by atoms with Crippen LogP contribution in [0.4, 0.5) is 0 Å². The van der Waals surface area contributed by atoms with Crippen LogP contribution in [0, 0.1) is 0 Å². The number of nitrogens with zero attached hydrogens (tertiary/aromatic N) is 3. The van der Waals surface area contributed by atoms with Crippen molar-refractivity contribution in [2.45, 2.75) is 37.6 Å². The smallest absolute Gasteiger partial charge is 0.271 e. The molecule has 2 aromatic rings. The first-order valence-electron chi connectivity index (χ1n) is 9.23. The van der Waals surface area contributed by atoms with Gasteiger partial charge in [-0.3, -0.25) is 20.1 Å². The Balaban J connectivity index is 1.29. The van der Waals surface area contributed by atoms with Gasteiger partial charge in [-0.25, -0.2) is 10.4 Å². The molecule has 4 heterocycles. The van der Waals surface area contributed by atoms with E-state index in [4.69, 9.17) is 4.42 Å². The molecule has 144 valence electrons. The molecule has 2 aromatic heterocycles. The summed E-state index contributed by atoms with van der Waals surface area (Å²) >= 11 is 0. The number of carbonyl (C=O) groups excluding carboxylic acids is 1. The molecule has 27 heavy (non-hydrogen) atoms. The van der Waals surface area contributed by atoms with Gasteiger partial charge in [-0.1, -0.05) is 0 Å². The second-order valence-corrected chi connectivity index (χ2v) is 6.98. The van der Waals surface area contributed by atoms with Crippen molar-refractivity contribution in [3.63, 3.8) is 0 Å². The molecule has 4 N–H and O–H groups in total. The van der Waals surface area contributed by atoms with Gasteiger partial charge in [-0.2, -0.15) is 0 Å². The van der Waals surface area contributed by atoms with Crippen molar-refractivity contribution in [1.29, 1.82) is 0 Å². The predicted octanol–water partition coefficient (Wildman–Crippen LogP) is -0.0262. The van der Waals surface area contributed by atoms with E-state index < -0.39 is 6.10 Å². The zero-order valence-electron chi connectivity index (χ0n) is 15.0. The molecule has 9 nitrogen and oxygen atoms in total. The second-order valence-electron chi connectivity index (χ2n) is 6.98. The summed E-state index contributed by atoms with van der Waals surface area (Å²) < 4.78 is 5.94. The van der Waals surface area contributed by atoms with Crippen LogP contribution in [-0.4, -0.2) is 57.7 Å². The molecule has 2 fully saturated rings. The molecule has 9 heteroatoms. The highest BCUT2D eigenvalue weighted by molar-refractivity contribution is 5.92. The van der Waals surface area contributed by atoms with Crippen LogP contribution in [0.5, 0.6) is 0 Å². The molecule has 0 aliphatic carbocycles. The van der Waals surface area contributed by atoms with Crippen LogP contribution >= 0.6 is 0 Å². The maximum atomic E-state index is 12.2. The molecule has 1 unspecified atom stereocenters. The summed E-state index contributed by atoms with van der Waals surface area (Å²) in [6.45, 7) is 2.81. The largest absolute Gasteiger partial charge is 0.463 e. The first kappa shape index (κ1) is 18.1. The number of amides is 1. The van der Waals surface area contributed by atoms with E-state index in [2.05, 4.69) is 31.0 Å². The van der Waals surface area contributed by atoms with Crippen LogP contribution in [0.2, 0.25) is 0 Å². The Morgan fingerprint density at radius 1 is 1.37 bits per heavy atom. The number of piperidine rings is 1. The third-order valence-corrected chi connectivity index (χ3v) is 5.02. The summed E-state index contributed by atoms with van der Waals surface area (Å²) in [6.07, 6.45) is 5.43. The molecular formula is C18H24N6O3. The standard InChI is InChI=1S/C18H24N6O3/c25-16-11-24(10-12-1-2-17(27-12)14-3-5-21-23-14)8-4-13(16)22-18(26)15-9-19-6-7-20-15/h1-2,6-7,9,13-14,16,21,23,25H,3-5,8,10-11H2,(H,22,26)/t13-,14?,16-/m1/s1. The van der Waals surface area contributed by atoms with E-state index in [1.54, 1.807) is 0 Å². The molecule has 0 bridgehead atoms. The first-order valence-corrected chi connectivity index (χ1v) is 9.23. The van der Waals surface area contributed by atoms with E-state index in [0.717, 1.165) is 31.0 Å². The lowest BCUT2D eigenvalue weighted by atomic mass is 10.0. The van der Waals surface area contributed by atoms with Gasteiger partial charge in [-0.05, 0) is 25.0 Å². The number of nitrogens with one attached hydrogen (secondary N) is 3. The summed E-state index contributed by atoms with van der Waals surface area (Å²) in [7, 11) is 0. The highest BCUT2D eigenvalue weighted by Gasteiger charge is 2.30. The van der Waals surface area contributed by atoms with Crippen molar-refractivity contribution in [2.24, 2.45) is 0 Å². The third-order valence-electron chi connectivity index (χ3n) is 5.02. The Hall–Kier alpha value is -2.33. The molecular weight excluding hydrogens is 348 g/mol. The molecule has 0 aromatic carbocycles. The zero-order valence-corrected chi connectivity index (χ0v) is 15.0. The fraction of sp³-hybridized carbons (Fsp3) is 0.500. The fourth-order valence-corrected chi connectivity index (χ4v) is 3.55. The average Bonchev–Trinajstić information content (AvgIpc) is 3.36. The van der Waals surface area contributed by atoms with Gasteiger partial charge in [-0.15, -0.1) is 0 Å². The van der Waals surface area contributed by atoms with E-state index in [1.807, 2.05) is 12.1 Å². The molecule has 0 spiro atoms. The van der Waals surface area contributed by atoms with Crippen LogP contribution in [-0.2, 0) is 6.54 Å². The Morgan fingerprint density at radius 2 is 2.30 bits per heavy atom. The molecule has 0 radical (unpaired) electrons. The number of furan rings is 1. The van der Waals surface area contributed by atoms with E-state index in [0.29, 0.717) is 19.5 Å². The number of aliphatic hydroxyl groups excluding tert-OH is 1. The number of hydrazine groups is 1. The lowest BCUT2D eigenvalue weighted by Gasteiger charge is -2.35. The van der Waals surface area contributed by atoms with Gasteiger partial charge in [0.05, 0.1) is 30.9 Å². The highest BCUT2D eigenvalue weighted by atomic mass is 16.3. The molecule has 2 aliphatic rings. The third kappa shape index (κ3) is 4.33. The SMILES string of the molecule is O=C(N[C@@H]1CCN(Cc2ccc(C3CCNN3)o2)C[C@H]1O)c1cnccn1. The number of rotatable bonds is 5. The average molecular weight is 372 g/mol. The number of carbonyl (C=O) groups is 1. The van der Waals surface area contributed by atoms with Gasteiger partial charge < -0.3 is 14.8 Å². The molecule has 1 amide bonds. The predicted molar refractivity (Wildman–Crippen MR) is 96.4 cm³/mol. The normalized spacial score (nSPS) is 26.2. The minimum atomic E-state index is -0.644. The lowest BCUT2D eigenvalue weighted by Crippen LogP contribution is -2.53. The number of likely N-dealkylation sites (tertiary alicyclic amines) is 1. The fourth-order valence-electron chi connectivity index (χ4n) is 3.55. The summed E-state index contributed by atoms with van der Waals surface area (Å²) in [5, 5.41) is 13.3. The Bertz CT molecular complexity index is 761. The summed E-state index contributed by atoms with van der Waals surface area (Å²) in [6, 6.07) is 3.91. The zero-order chi connectivity index (χ0) is 18.6. The number of β-amino-alcohol motifs (C(OH)–C–C–N with tert-alkyl or cyclic N) is 1. The maximum absolute atomic E-state index is 12.2. The maximum Gasteiger partial charge on any atom is 0.271 e. The molecule has 2 saturated heterocycles. The van der Waals surface area contributed by atoms with Crippen molar-refractivity contribution in [3.05, 3.63) is 47.9 Å². The number of aromatic nitrogens is 2. The summed E-state index contributed by atoms with van der Waals surface area (Å²) in [5.74, 6) is 1.50. The van der Waals surface area contributed by atoms with Crippen molar-refractivity contribution in [3.8, 4) is 0 Å². The highest BCUT2D eigenvalue weighted by Crippen LogP contribution is 2.23. The van der Waals surface area contributed by atoms with Crippen LogP contribution in [0.1, 0.15) is 40.9 Å². The summed E-state index contributed by atoms with van der Waals surface area (Å²) in [5.41, 5.74) is 6.55. The van der Waals surface area contributed by atoms with Crippen molar-refractivity contribution >= 4 is 5.91 Å². The minimum Gasteiger partial charge on any atom is -0.463 e. The van der Waals surface area contributed by atoms with Gasteiger partial charge in [0.1, 0.15) is 17.2 Å². The topological polar surface area (TPSA) is 116 Å². The van der Waals surface area contributed by atoms with Gasteiger partial charge in [0.2, 0.25) is 0 Å². The van der Waals surface area contributed by atoms with Crippen molar-refractivity contribution < 1.29 is 14.3 Å². The Kier molecular flexibility index (Phi) is 5.44. The Morgan fingerprint density at radius 3 is 3.04 bits per heavy atom. The first-order chi connectivity index (χ1) is 13.2. The second kappa shape index (κ2) is 8.13. The number of aliphatic hydroxyl groups is 1. The van der Waals surface area contributed by atoms with E-state index in [1.165, 1.54) is 18.6 Å². The van der Waals surface area contributed by atoms with E-state index >= 15 is 0 Å². The van der Waals surface area contributed by atoms with Crippen molar-refractivity contribution in [1.82, 2.24) is 31.0 Å². The molecule has 0 saturated carbocycles.